The van der Waals surface area contributed by atoms with Gasteiger partial charge in [-0.2, -0.15) is 0 Å². The molecule has 7 nitrogen and oxygen atoms in total. The molecular formula is C13H18N6O. The molecule has 1 aromatic carbocycles. The van der Waals surface area contributed by atoms with Crippen molar-refractivity contribution in [2.45, 2.75) is 20.3 Å². The molecule has 0 fully saturated rings. The molecule has 20 heavy (non-hydrogen) atoms. The highest BCUT2D eigenvalue weighted by Crippen LogP contribution is 2.18. The van der Waals surface area contributed by atoms with Gasteiger partial charge in [-0.25, -0.2) is 4.68 Å². The Bertz CT molecular complexity index is 566. The van der Waals surface area contributed by atoms with Crippen LogP contribution in [0.3, 0.4) is 0 Å². The monoisotopic (exact) mass is 274 g/mol. The molecular weight excluding hydrogens is 256 g/mol. The van der Waals surface area contributed by atoms with Gasteiger partial charge >= 0.3 is 0 Å². The predicted octanol–water partition coefficient (Wildman–Crippen LogP) is 0.909. The van der Waals surface area contributed by atoms with Crippen molar-refractivity contribution in [1.82, 2.24) is 25.5 Å². The zero-order valence-electron chi connectivity index (χ0n) is 11.6. The molecule has 0 radical (unpaired) electrons. The lowest BCUT2D eigenvalue weighted by Gasteiger charge is -2.10. The maximum Gasteiger partial charge on any atom is 0.238 e. The van der Waals surface area contributed by atoms with Gasteiger partial charge in [0, 0.05) is 5.69 Å². The zero-order valence-corrected chi connectivity index (χ0v) is 11.6. The molecule has 0 aliphatic carbocycles. The number of tetrazole rings is 1. The highest BCUT2D eigenvalue weighted by molar-refractivity contribution is 5.93. The molecule has 7 heteroatoms. The Kier molecular flexibility index (Phi) is 4.78. The van der Waals surface area contributed by atoms with Gasteiger partial charge in [-0.05, 0) is 48.0 Å². The molecule has 0 atom stereocenters. The van der Waals surface area contributed by atoms with Crippen LogP contribution in [-0.4, -0.2) is 39.2 Å². The fourth-order valence-corrected chi connectivity index (χ4v) is 1.74. The number of aromatic nitrogens is 4. The minimum absolute atomic E-state index is 0.0598. The molecule has 0 aliphatic heterocycles. The Morgan fingerprint density at radius 2 is 2.25 bits per heavy atom. The molecule has 2 rings (SSSR count). The number of hydrogen-bond donors (Lipinski definition) is 2. The van der Waals surface area contributed by atoms with E-state index in [2.05, 4.69) is 33.1 Å². The van der Waals surface area contributed by atoms with Gasteiger partial charge in [0.1, 0.15) is 6.33 Å². The van der Waals surface area contributed by atoms with Crippen LogP contribution in [0.1, 0.15) is 18.9 Å². The topological polar surface area (TPSA) is 84.7 Å². The van der Waals surface area contributed by atoms with E-state index in [1.165, 1.54) is 6.33 Å². The summed E-state index contributed by atoms with van der Waals surface area (Å²) >= 11 is 0. The van der Waals surface area contributed by atoms with E-state index in [9.17, 15) is 4.79 Å². The van der Waals surface area contributed by atoms with Crippen LogP contribution in [-0.2, 0) is 4.79 Å². The molecule has 0 unspecified atom stereocenters. The molecule has 2 aromatic rings. The molecule has 1 amide bonds. The number of nitrogens with one attached hydrogen (secondary N) is 2. The SMILES string of the molecule is CCCNCC(=O)Nc1cc(-n2cnnn2)ccc1C. The molecule has 0 aliphatic rings. The van der Waals surface area contributed by atoms with Crippen molar-refractivity contribution in [2.24, 2.45) is 0 Å². The highest BCUT2D eigenvalue weighted by atomic mass is 16.1. The molecule has 0 saturated heterocycles. The van der Waals surface area contributed by atoms with Crippen molar-refractivity contribution in [3.05, 3.63) is 30.1 Å². The first-order valence-corrected chi connectivity index (χ1v) is 6.55. The first-order valence-electron chi connectivity index (χ1n) is 6.55. The first kappa shape index (κ1) is 14.1. The van der Waals surface area contributed by atoms with Gasteiger partial charge in [-0.1, -0.05) is 13.0 Å². The maximum absolute atomic E-state index is 11.8. The largest absolute Gasteiger partial charge is 0.325 e. The lowest BCUT2D eigenvalue weighted by atomic mass is 10.2. The van der Waals surface area contributed by atoms with Crippen LogP contribution >= 0.6 is 0 Å². The quantitative estimate of drug-likeness (QED) is 0.765. The van der Waals surface area contributed by atoms with Crippen LogP contribution in [0.2, 0.25) is 0 Å². The van der Waals surface area contributed by atoms with Crippen molar-refractivity contribution >= 4 is 11.6 Å². The van der Waals surface area contributed by atoms with Crippen LogP contribution < -0.4 is 10.6 Å². The van der Waals surface area contributed by atoms with Crippen LogP contribution in [0.25, 0.3) is 5.69 Å². The number of benzene rings is 1. The molecule has 106 valence electrons. The summed E-state index contributed by atoms with van der Waals surface area (Å²) in [4.78, 5) is 11.8. The smallest absolute Gasteiger partial charge is 0.238 e. The molecule has 0 spiro atoms. The van der Waals surface area contributed by atoms with Gasteiger partial charge in [0.25, 0.3) is 0 Å². The van der Waals surface area contributed by atoms with Crippen LogP contribution in [0.4, 0.5) is 5.69 Å². The van der Waals surface area contributed by atoms with Gasteiger partial charge in [0.05, 0.1) is 12.2 Å². The van der Waals surface area contributed by atoms with E-state index in [-0.39, 0.29) is 5.91 Å². The van der Waals surface area contributed by atoms with Gasteiger partial charge < -0.3 is 10.6 Å². The fourth-order valence-electron chi connectivity index (χ4n) is 1.74. The fraction of sp³-hybridized carbons (Fsp3) is 0.385. The standard InChI is InChI=1S/C13H18N6O/c1-3-6-14-8-13(20)16-12-7-11(5-4-10(12)2)19-9-15-17-18-19/h4-5,7,9,14H,3,6,8H2,1-2H3,(H,16,20). The number of rotatable bonds is 6. The third-order valence-electron chi connectivity index (χ3n) is 2.82. The van der Waals surface area contributed by atoms with Crippen LogP contribution in [0, 0.1) is 6.92 Å². The van der Waals surface area contributed by atoms with E-state index in [1.54, 1.807) is 4.68 Å². The zero-order chi connectivity index (χ0) is 14.4. The third-order valence-corrected chi connectivity index (χ3v) is 2.82. The Labute approximate surface area is 117 Å². The first-order chi connectivity index (χ1) is 9.70. The predicted molar refractivity (Wildman–Crippen MR) is 75.7 cm³/mol. The van der Waals surface area contributed by atoms with Crippen LogP contribution in [0.15, 0.2) is 24.5 Å². The number of nitrogens with zero attached hydrogens (tertiary/aromatic N) is 4. The minimum Gasteiger partial charge on any atom is -0.325 e. The average Bonchev–Trinajstić information content (AvgIpc) is 2.95. The minimum atomic E-state index is -0.0598. The summed E-state index contributed by atoms with van der Waals surface area (Å²) in [6.07, 6.45) is 2.51. The number of anilines is 1. The van der Waals surface area contributed by atoms with Crippen molar-refractivity contribution in [1.29, 1.82) is 0 Å². The maximum atomic E-state index is 11.8. The number of aryl methyl sites for hydroxylation is 1. The lowest BCUT2D eigenvalue weighted by Crippen LogP contribution is -2.28. The van der Waals surface area contributed by atoms with Crippen molar-refractivity contribution < 1.29 is 4.79 Å². The summed E-state index contributed by atoms with van der Waals surface area (Å²) in [6.45, 7) is 5.14. The molecule has 2 N–H and O–H groups in total. The summed E-state index contributed by atoms with van der Waals surface area (Å²) in [6, 6.07) is 5.67. The summed E-state index contributed by atoms with van der Waals surface area (Å²) < 4.78 is 1.55. The summed E-state index contributed by atoms with van der Waals surface area (Å²) in [5.74, 6) is -0.0598. The highest BCUT2D eigenvalue weighted by Gasteiger charge is 2.07. The van der Waals surface area contributed by atoms with Crippen LogP contribution in [0.5, 0.6) is 0 Å². The van der Waals surface area contributed by atoms with Gasteiger partial charge in [-0.3, -0.25) is 4.79 Å². The van der Waals surface area contributed by atoms with Crippen molar-refractivity contribution in [3.63, 3.8) is 0 Å². The number of hydrogen-bond acceptors (Lipinski definition) is 5. The van der Waals surface area contributed by atoms with E-state index >= 15 is 0 Å². The Balaban J connectivity index is 2.07. The second-order valence-corrected chi connectivity index (χ2v) is 4.48. The Hall–Kier alpha value is -2.28. The number of amides is 1. The van der Waals surface area contributed by atoms with E-state index in [1.807, 2.05) is 25.1 Å². The summed E-state index contributed by atoms with van der Waals surface area (Å²) in [7, 11) is 0. The Morgan fingerprint density at radius 3 is 2.95 bits per heavy atom. The van der Waals surface area contributed by atoms with E-state index < -0.39 is 0 Å². The molecule has 0 saturated carbocycles. The average molecular weight is 274 g/mol. The van der Waals surface area contributed by atoms with E-state index in [4.69, 9.17) is 0 Å². The number of carbonyl (C=O) groups is 1. The Morgan fingerprint density at radius 1 is 1.40 bits per heavy atom. The van der Waals surface area contributed by atoms with E-state index in [0.29, 0.717) is 6.54 Å². The summed E-state index contributed by atoms with van der Waals surface area (Å²) in [5, 5.41) is 17.0. The third kappa shape index (κ3) is 3.61. The van der Waals surface area contributed by atoms with Crippen molar-refractivity contribution in [2.75, 3.05) is 18.4 Å². The lowest BCUT2D eigenvalue weighted by molar-refractivity contribution is -0.115. The summed E-state index contributed by atoms with van der Waals surface area (Å²) in [5.41, 5.74) is 2.56. The van der Waals surface area contributed by atoms with Gasteiger partial charge in [0.15, 0.2) is 0 Å². The molecule has 1 heterocycles. The second kappa shape index (κ2) is 6.76. The molecule has 1 aromatic heterocycles. The van der Waals surface area contributed by atoms with Crippen molar-refractivity contribution in [3.8, 4) is 5.69 Å². The van der Waals surface area contributed by atoms with Gasteiger partial charge in [-0.15, -0.1) is 5.10 Å². The number of carbonyl (C=O) groups excluding carboxylic acids is 1. The normalized spacial score (nSPS) is 10.5. The second-order valence-electron chi connectivity index (χ2n) is 4.48. The van der Waals surface area contributed by atoms with E-state index in [0.717, 1.165) is 29.9 Å². The van der Waals surface area contributed by atoms with Gasteiger partial charge in [0.2, 0.25) is 5.91 Å². The molecule has 0 bridgehead atoms.